The van der Waals surface area contributed by atoms with E-state index < -0.39 is 11.9 Å². The van der Waals surface area contributed by atoms with Gasteiger partial charge in [0, 0.05) is 13.1 Å². The third-order valence-electron chi connectivity index (χ3n) is 4.53. The van der Waals surface area contributed by atoms with Gasteiger partial charge in [0.15, 0.2) is 11.4 Å². The Kier molecular flexibility index (Phi) is 5.78. The number of carbonyl (C=O) groups is 2. The Morgan fingerprint density at radius 1 is 1.30 bits per heavy atom. The summed E-state index contributed by atoms with van der Waals surface area (Å²) in [5.41, 5.74) is 1.05. The number of carboxylic acid groups (broad SMARTS) is 1. The van der Waals surface area contributed by atoms with E-state index in [0.29, 0.717) is 37.7 Å². The number of benzene rings is 1. The van der Waals surface area contributed by atoms with Gasteiger partial charge < -0.3 is 14.7 Å². The molecule has 7 nitrogen and oxygen atoms in total. The maximum absolute atomic E-state index is 13.1. The van der Waals surface area contributed by atoms with Crippen LogP contribution in [0.2, 0.25) is 0 Å². The molecule has 1 unspecified atom stereocenters. The predicted molar refractivity (Wildman–Crippen MR) is 100 cm³/mol. The summed E-state index contributed by atoms with van der Waals surface area (Å²) in [4.78, 5) is 25.9. The van der Waals surface area contributed by atoms with Crippen molar-refractivity contribution in [2.24, 2.45) is 11.8 Å². The van der Waals surface area contributed by atoms with Gasteiger partial charge in [-0.25, -0.2) is 4.68 Å². The first-order valence-electron chi connectivity index (χ1n) is 9.25. The van der Waals surface area contributed by atoms with Crippen molar-refractivity contribution in [1.29, 1.82) is 0 Å². The Bertz CT molecular complexity index is 801. The summed E-state index contributed by atoms with van der Waals surface area (Å²) < 4.78 is 7.47. The molecular weight excluding hydrogens is 346 g/mol. The largest absolute Gasteiger partial charge is 0.489 e. The first-order valence-corrected chi connectivity index (χ1v) is 9.25. The summed E-state index contributed by atoms with van der Waals surface area (Å²) in [6.07, 6.45) is 2.97. The number of piperidine rings is 1. The second-order valence-corrected chi connectivity index (χ2v) is 7.26. The Hall–Kier alpha value is -2.83. The Morgan fingerprint density at radius 3 is 2.70 bits per heavy atom. The first kappa shape index (κ1) is 18.9. The number of aliphatic carboxylic acids is 1. The maximum atomic E-state index is 13.1. The monoisotopic (exact) mass is 371 g/mol. The molecule has 2 heterocycles. The van der Waals surface area contributed by atoms with E-state index in [9.17, 15) is 14.7 Å². The van der Waals surface area contributed by atoms with E-state index >= 15 is 0 Å². The van der Waals surface area contributed by atoms with Crippen molar-refractivity contribution >= 4 is 11.9 Å². The average Bonchev–Trinajstić information content (AvgIpc) is 3.11. The SMILES string of the molecule is CC(C)COc1cn(-c2ccccc2)nc1C(=O)N1CCCC(C(=O)O)C1. The molecule has 1 atom stereocenters. The van der Waals surface area contributed by atoms with Crippen molar-refractivity contribution in [3.8, 4) is 11.4 Å². The summed E-state index contributed by atoms with van der Waals surface area (Å²) in [5.74, 6) is -0.943. The van der Waals surface area contributed by atoms with Crippen LogP contribution in [0.3, 0.4) is 0 Å². The van der Waals surface area contributed by atoms with E-state index in [1.54, 1.807) is 15.8 Å². The molecule has 1 N–H and O–H groups in total. The molecule has 0 aliphatic carbocycles. The molecule has 1 saturated heterocycles. The van der Waals surface area contributed by atoms with Crippen LogP contribution in [-0.4, -0.2) is 51.4 Å². The zero-order valence-electron chi connectivity index (χ0n) is 15.7. The summed E-state index contributed by atoms with van der Waals surface area (Å²) in [6.45, 7) is 5.27. The van der Waals surface area contributed by atoms with Crippen LogP contribution in [0.4, 0.5) is 0 Å². The minimum absolute atomic E-state index is 0.204. The lowest BCUT2D eigenvalue weighted by molar-refractivity contribution is -0.143. The molecule has 2 aromatic rings. The fraction of sp³-hybridized carbons (Fsp3) is 0.450. The molecule has 144 valence electrons. The molecule has 27 heavy (non-hydrogen) atoms. The Balaban J connectivity index is 1.88. The molecule has 0 saturated carbocycles. The molecule has 1 aliphatic heterocycles. The third-order valence-corrected chi connectivity index (χ3v) is 4.53. The number of hydrogen-bond donors (Lipinski definition) is 1. The van der Waals surface area contributed by atoms with Crippen LogP contribution < -0.4 is 4.74 Å². The summed E-state index contributed by atoms with van der Waals surface area (Å²) in [5, 5.41) is 13.7. The highest BCUT2D eigenvalue weighted by Crippen LogP contribution is 2.25. The highest BCUT2D eigenvalue weighted by atomic mass is 16.5. The standard InChI is InChI=1S/C20H25N3O4/c1-14(2)13-27-17-12-23(16-8-4-3-5-9-16)21-18(17)19(24)22-10-6-7-15(11-22)20(25)26/h3-5,8-9,12,14-15H,6-7,10-11,13H2,1-2H3,(H,25,26). The van der Waals surface area contributed by atoms with Crippen molar-refractivity contribution in [2.75, 3.05) is 19.7 Å². The Labute approximate surface area is 158 Å². The zero-order chi connectivity index (χ0) is 19.4. The van der Waals surface area contributed by atoms with Gasteiger partial charge in [-0.05, 0) is 30.9 Å². The zero-order valence-corrected chi connectivity index (χ0v) is 15.7. The second-order valence-electron chi connectivity index (χ2n) is 7.26. The molecule has 0 bridgehead atoms. The number of ether oxygens (including phenoxy) is 1. The van der Waals surface area contributed by atoms with E-state index in [-0.39, 0.29) is 18.1 Å². The minimum Gasteiger partial charge on any atom is -0.489 e. The van der Waals surface area contributed by atoms with E-state index in [4.69, 9.17) is 4.74 Å². The van der Waals surface area contributed by atoms with Crippen LogP contribution in [0.15, 0.2) is 36.5 Å². The number of aromatic nitrogens is 2. The molecule has 1 aromatic heterocycles. The highest BCUT2D eigenvalue weighted by Gasteiger charge is 2.31. The fourth-order valence-corrected chi connectivity index (χ4v) is 3.09. The lowest BCUT2D eigenvalue weighted by atomic mass is 9.98. The van der Waals surface area contributed by atoms with Gasteiger partial charge in [0.1, 0.15) is 0 Å². The number of para-hydroxylation sites is 1. The normalized spacial score (nSPS) is 17.1. The van der Waals surface area contributed by atoms with E-state index in [1.165, 1.54) is 0 Å². The van der Waals surface area contributed by atoms with Crippen LogP contribution in [0.1, 0.15) is 37.2 Å². The number of amides is 1. The van der Waals surface area contributed by atoms with E-state index in [2.05, 4.69) is 5.10 Å². The smallest absolute Gasteiger partial charge is 0.308 e. The molecule has 3 rings (SSSR count). The maximum Gasteiger partial charge on any atom is 0.308 e. The average molecular weight is 371 g/mol. The van der Waals surface area contributed by atoms with E-state index in [1.807, 2.05) is 44.2 Å². The summed E-state index contributed by atoms with van der Waals surface area (Å²) in [7, 11) is 0. The van der Waals surface area contributed by atoms with Gasteiger partial charge in [0.05, 0.1) is 24.4 Å². The van der Waals surface area contributed by atoms with Gasteiger partial charge in [0.25, 0.3) is 5.91 Å². The third kappa shape index (κ3) is 4.48. The second kappa shape index (κ2) is 8.24. The van der Waals surface area contributed by atoms with Crippen LogP contribution in [0.5, 0.6) is 5.75 Å². The number of nitrogens with zero attached hydrogens (tertiary/aromatic N) is 3. The van der Waals surface area contributed by atoms with Crippen molar-refractivity contribution in [3.63, 3.8) is 0 Å². The van der Waals surface area contributed by atoms with Gasteiger partial charge in [-0.2, -0.15) is 5.10 Å². The highest BCUT2D eigenvalue weighted by molar-refractivity contribution is 5.95. The van der Waals surface area contributed by atoms with Crippen molar-refractivity contribution in [2.45, 2.75) is 26.7 Å². The molecule has 7 heteroatoms. The Morgan fingerprint density at radius 2 is 2.04 bits per heavy atom. The fourth-order valence-electron chi connectivity index (χ4n) is 3.09. The summed E-state index contributed by atoms with van der Waals surface area (Å²) >= 11 is 0. The van der Waals surface area contributed by atoms with Crippen molar-refractivity contribution < 1.29 is 19.4 Å². The number of carbonyl (C=O) groups excluding carboxylic acids is 1. The van der Waals surface area contributed by atoms with Crippen LogP contribution in [0, 0.1) is 11.8 Å². The number of rotatable bonds is 6. The molecule has 0 radical (unpaired) electrons. The quantitative estimate of drug-likeness (QED) is 0.844. The number of hydrogen-bond acceptors (Lipinski definition) is 4. The number of likely N-dealkylation sites (tertiary alicyclic amines) is 1. The topological polar surface area (TPSA) is 84.7 Å². The molecule has 0 spiro atoms. The van der Waals surface area contributed by atoms with Crippen molar-refractivity contribution in [3.05, 3.63) is 42.2 Å². The molecule has 1 amide bonds. The number of carboxylic acids is 1. The molecule has 1 fully saturated rings. The summed E-state index contributed by atoms with van der Waals surface area (Å²) in [6, 6.07) is 9.50. The first-order chi connectivity index (χ1) is 13.0. The van der Waals surface area contributed by atoms with Gasteiger partial charge in [-0.1, -0.05) is 32.0 Å². The van der Waals surface area contributed by atoms with Gasteiger partial charge >= 0.3 is 5.97 Å². The van der Waals surface area contributed by atoms with Crippen molar-refractivity contribution in [1.82, 2.24) is 14.7 Å². The van der Waals surface area contributed by atoms with Crippen LogP contribution in [-0.2, 0) is 4.79 Å². The molecule has 1 aromatic carbocycles. The van der Waals surface area contributed by atoms with Gasteiger partial charge in [-0.3, -0.25) is 9.59 Å². The molecular formula is C20H25N3O4. The minimum atomic E-state index is -0.862. The van der Waals surface area contributed by atoms with Crippen LogP contribution >= 0.6 is 0 Å². The lowest BCUT2D eigenvalue weighted by Crippen LogP contribution is -2.42. The predicted octanol–water partition coefficient (Wildman–Crippen LogP) is 2.84. The molecule has 1 aliphatic rings. The van der Waals surface area contributed by atoms with Gasteiger partial charge in [-0.15, -0.1) is 0 Å². The van der Waals surface area contributed by atoms with E-state index in [0.717, 1.165) is 5.69 Å². The van der Waals surface area contributed by atoms with Crippen LogP contribution in [0.25, 0.3) is 5.69 Å². The van der Waals surface area contributed by atoms with Gasteiger partial charge in [0.2, 0.25) is 0 Å². The lowest BCUT2D eigenvalue weighted by Gasteiger charge is -2.30.